The first-order valence-corrected chi connectivity index (χ1v) is 10.5. The maximum atomic E-state index is 14.0. The monoisotopic (exact) mass is 404 g/mol. The van der Waals surface area contributed by atoms with Crippen LogP contribution < -0.4 is 0 Å². The van der Waals surface area contributed by atoms with Crippen LogP contribution in [-0.4, -0.2) is 43.2 Å². The zero-order valence-electron chi connectivity index (χ0n) is 16.1. The van der Waals surface area contributed by atoms with Crippen LogP contribution >= 0.6 is 0 Å². The van der Waals surface area contributed by atoms with Crippen molar-refractivity contribution >= 4 is 15.9 Å². The second kappa shape index (κ2) is 9.61. The maximum Gasteiger partial charge on any atom is 0.254 e. The van der Waals surface area contributed by atoms with Crippen LogP contribution in [0.1, 0.15) is 29.8 Å². The second-order valence-corrected chi connectivity index (χ2v) is 8.12. The molecule has 2 aromatic carbocycles. The highest BCUT2D eigenvalue weighted by atomic mass is 32.2. The van der Waals surface area contributed by atoms with Gasteiger partial charge in [-0.2, -0.15) is 4.31 Å². The van der Waals surface area contributed by atoms with Gasteiger partial charge in [0.15, 0.2) is 0 Å². The van der Waals surface area contributed by atoms with Gasteiger partial charge >= 0.3 is 0 Å². The molecule has 0 aliphatic heterocycles. The van der Waals surface area contributed by atoms with Crippen LogP contribution in [0.15, 0.2) is 66.1 Å². The number of rotatable bonds is 9. The molecular weight excluding hydrogens is 379 g/mol. The Bertz CT molecular complexity index is 940. The summed E-state index contributed by atoms with van der Waals surface area (Å²) in [6.45, 7) is 8.12. The zero-order chi connectivity index (χ0) is 20.7. The molecule has 0 spiro atoms. The molecule has 7 heteroatoms. The molecule has 0 aliphatic rings. The average molecular weight is 405 g/mol. The minimum absolute atomic E-state index is 0.0601. The number of benzene rings is 2. The van der Waals surface area contributed by atoms with Gasteiger partial charge in [0.1, 0.15) is 5.82 Å². The summed E-state index contributed by atoms with van der Waals surface area (Å²) in [6.07, 6.45) is 1.55. The minimum Gasteiger partial charge on any atom is -0.331 e. The molecule has 0 aromatic heterocycles. The molecule has 28 heavy (non-hydrogen) atoms. The van der Waals surface area contributed by atoms with Gasteiger partial charge in [0, 0.05) is 37.3 Å². The van der Waals surface area contributed by atoms with Crippen molar-refractivity contribution in [3.63, 3.8) is 0 Å². The Labute approximate surface area is 166 Å². The van der Waals surface area contributed by atoms with E-state index < -0.39 is 15.8 Å². The SMILES string of the molecule is C=CCN(Cc1ccccc1F)C(=O)c1cccc(S(=O)(=O)N(CC)CC)c1. The molecular formula is C21H25FN2O3S. The van der Waals surface area contributed by atoms with E-state index in [9.17, 15) is 17.6 Å². The number of hydrogen-bond donors (Lipinski definition) is 0. The third kappa shape index (κ3) is 4.85. The van der Waals surface area contributed by atoms with Gasteiger partial charge in [-0.1, -0.05) is 44.2 Å². The first-order valence-electron chi connectivity index (χ1n) is 9.08. The predicted octanol–water partition coefficient (Wildman–Crippen LogP) is 3.68. The Morgan fingerprint density at radius 2 is 1.79 bits per heavy atom. The molecule has 1 amide bonds. The van der Waals surface area contributed by atoms with Crippen LogP contribution in [-0.2, 0) is 16.6 Å². The standard InChI is InChI=1S/C21H25FN2O3S/c1-4-14-23(16-18-10-7-8-13-20(18)22)21(25)17-11-9-12-19(15-17)28(26,27)24(5-2)6-3/h4,7-13,15H,1,5-6,14,16H2,2-3H3. The predicted molar refractivity (Wildman–Crippen MR) is 108 cm³/mol. The summed E-state index contributed by atoms with van der Waals surface area (Å²) in [5.74, 6) is -0.790. The highest BCUT2D eigenvalue weighted by Crippen LogP contribution is 2.19. The molecule has 2 aromatic rings. The summed E-state index contributed by atoms with van der Waals surface area (Å²) in [5, 5.41) is 0. The van der Waals surface area contributed by atoms with Crippen LogP contribution in [0.5, 0.6) is 0 Å². The van der Waals surface area contributed by atoms with E-state index in [0.717, 1.165) is 0 Å². The van der Waals surface area contributed by atoms with Crippen molar-refractivity contribution in [3.05, 3.63) is 78.1 Å². The smallest absolute Gasteiger partial charge is 0.254 e. The van der Waals surface area contributed by atoms with E-state index in [0.29, 0.717) is 18.7 Å². The van der Waals surface area contributed by atoms with Gasteiger partial charge < -0.3 is 4.90 Å². The van der Waals surface area contributed by atoms with E-state index in [-0.39, 0.29) is 29.5 Å². The Morgan fingerprint density at radius 3 is 2.39 bits per heavy atom. The molecule has 2 rings (SSSR count). The van der Waals surface area contributed by atoms with Gasteiger partial charge in [-0.05, 0) is 24.3 Å². The van der Waals surface area contributed by atoms with Crippen LogP contribution in [0.3, 0.4) is 0 Å². The molecule has 0 saturated heterocycles. The molecule has 0 N–H and O–H groups in total. The summed E-state index contributed by atoms with van der Waals surface area (Å²) in [6, 6.07) is 12.2. The molecule has 5 nitrogen and oxygen atoms in total. The van der Waals surface area contributed by atoms with Crippen molar-refractivity contribution in [1.29, 1.82) is 0 Å². The van der Waals surface area contributed by atoms with Crippen LogP contribution in [0.25, 0.3) is 0 Å². The number of carbonyl (C=O) groups is 1. The summed E-state index contributed by atoms with van der Waals surface area (Å²) >= 11 is 0. The van der Waals surface area contributed by atoms with Crippen LogP contribution in [0.2, 0.25) is 0 Å². The summed E-state index contributed by atoms with van der Waals surface area (Å²) in [7, 11) is -3.68. The lowest BCUT2D eigenvalue weighted by atomic mass is 10.1. The molecule has 0 unspecified atom stereocenters. The highest BCUT2D eigenvalue weighted by Gasteiger charge is 2.24. The van der Waals surface area contributed by atoms with E-state index in [1.807, 2.05) is 0 Å². The van der Waals surface area contributed by atoms with Crippen molar-refractivity contribution in [1.82, 2.24) is 9.21 Å². The number of nitrogens with zero attached hydrogens (tertiary/aromatic N) is 2. The fraction of sp³-hybridized carbons (Fsp3) is 0.286. The molecule has 0 atom stereocenters. The van der Waals surface area contributed by atoms with Crippen molar-refractivity contribution in [3.8, 4) is 0 Å². The fourth-order valence-corrected chi connectivity index (χ4v) is 4.40. The van der Waals surface area contributed by atoms with Gasteiger partial charge in [0.2, 0.25) is 10.0 Å². The largest absolute Gasteiger partial charge is 0.331 e. The lowest BCUT2D eigenvalue weighted by Crippen LogP contribution is -2.32. The summed E-state index contributed by atoms with van der Waals surface area (Å²) in [5.41, 5.74) is 0.607. The van der Waals surface area contributed by atoms with Gasteiger partial charge in [0.05, 0.1) is 4.90 Å². The van der Waals surface area contributed by atoms with Crippen molar-refractivity contribution in [2.75, 3.05) is 19.6 Å². The first-order chi connectivity index (χ1) is 13.3. The van der Waals surface area contributed by atoms with Crippen LogP contribution in [0.4, 0.5) is 4.39 Å². The van der Waals surface area contributed by atoms with Crippen molar-refractivity contribution in [2.24, 2.45) is 0 Å². The maximum absolute atomic E-state index is 14.0. The number of amides is 1. The van der Waals surface area contributed by atoms with E-state index >= 15 is 0 Å². The number of sulfonamides is 1. The number of hydrogen-bond acceptors (Lipinski definition) is 3. The van der Waals surface area contributed by atoms with Gasteiger partial charge in [-0.25, -0.2) is 12.8 Å². The minimum atomic E-state index is -3.68. The number of carbonyl (C=O) groups excluding carboxylic acids is 1. The normalized spacial score (nSPS) is 11.4. The van der Waals surface area contributed by atoms with Crippen molar-refractivity contribution < 1.29 is 17.6 Å². The summed E-state index contributed by atoms with van der Waals surface area (Å²) < 4.78 is 40.8. The molecule has 150 valence electrons. The van der Waals surface area contributed by atoms with Gasteiger partial charge in [0.25, 0.3) is 5.91 Å². The third-order valence-corrected chi connectivity index (χ3v) is 6.43. The Hall–Kier alpha value is -2.51. The zero-order valence-corrected chi connectivity index (χ0v) is 17.0. The quantitative estimate of drug-likeness (QED) is 0.599. The molecule has 0 radical (unpaired) electrons. The third-order valence-electron chi connectivity index (χ3n) is 4.38. The first kappa shape index (κ1) is 21.8. The van der Waals surface area contributed by atoms with Gasteiger partial charge in [-0.15, -0.1) is 6.58 Å². The molecule has 0 saturated carbocycles. The molecule has 0 fully saturated rings. The van der Waals surface area contributed by atoms with E-state index in [2.05, 4.69) is 6.58 Å². The Balaban J connectivity index is 2.35. The van der Waals surface area contributed by atoms with E-state index in [4.69, 9.17) is 0 Å². The fourth-order valence-electron chi connectivity index (χ4n) is 2.89. The second-order valence-electron chi connectivity index (χ2n) is 6.18. The molecule has 0 heterocycles. The average Bonchev–Trinajstić information content (AvgIpc) is 2.69. The van der Waals surface area contributed by atoms with E-state index in [1.165, 1.54) is 27.4 Å². The highest BCUT2D eigenvalue weighted by molar-refractivity contribution is 7.89. The molecule has 0 aliphatic carbocycles. The Morgan fingerprint density at radius 1 is 1.11 bits per heavy atom. The lowest BCUT2D eigenvalue weighted by molar-refractivity contribution is 0.0761. The summed E-state index contributed by atoms with van der Waals surface area (Å²) in [4.78, 5) is 14.5. The molecule has 0 bridgehead atoms. The topological polar surface area (TPSA) is 57.7 Å². The van der Waals surface area contributed by atoms with Crippen molar-refractivity contribution in [2.45, 2.75) is 25.3 Å². The number of halogens is 1. The lowest BCUT2D eigenvalue weighted by Gasteiger charge is -2.23. The Kier molecular flexibility index (Phi) is 7.48. The van der Waals surface area contributed by atoms with Gasteiger partial charge in [-0.3, -0.25) is 4.79 Å². The van der Waals surface area contributed by atoms with E-state index in [1.54, 1.807) is 50.3 Å². The van der Waals surface area contributed by atoms with Crippen LogP contribution in [0, 0.1) is 5.82 Å².